The average Bonchev–Trinajstić information content (AvgIpc) is 3.72. The maximum absolute atomic E-state index is 11.8. The average molecular weight is 577 g/mol. The van der Waals surface area contributed by atoms with Crippen LogP contribution in [-0.4, -0.2) is 59.9 Å². The van der Waals surface area contributed by atoms with E-state index in [-0.39, 0.29) is 23.3 Å². The number of H-pyrrole nitrogens is 1. The van der Waals surface area contributed by atoms with Gasteiger partial charge in [-0.2, -0.15) is 4.98 Å². The molecule has 5 heterocycles. The standard InChI is InChI=1S/C29H33ClN8O3/c1-5-17-8-10-18(11-9-17)16-38-23-22(19-13-20(30)15-31-14-19)32-25(26-35-28(39)41-36-26)33-24(23)34-27(38)37-12-6-7-21(37)29(2,3)40-4/h1,13-15,17-18,21H,6-12,16H2,2-4H3,(H,35,36,39)/t17-,18-,21?. The number of aromatic amines is 1. The largest absolute Gasteiger partial charge is 0.439 e. The molecule has 6 rings (SSSR count). The first kappa shape index (κ1) is 27.4. The quantitative estimate of drug-likeness (QED) is 0.311. The summed E-state index contributed by atoms with van der Waals surface area (Å²) >= 11 is 6.38. The van der Waals surface area contributed by atoms with Gasteiger partial charge in [0.1, 0.15) is 11.2 Å². The van der Waals surface area contributed by atoms with Crippen molar-refractivity contribution in [1.82, 2.24) is 34.6 Å². The molecule has 214 valence electrons. The molecule has 1 atom stereocenters. The summed E-state index contributed by atoms with van der Waals surface area (Å²) in [7, 11) is 1.75. The van der Waals surface area contributed by atoms with Crippen molar-refractivity contribution in [3.63, 3.8) is 0 Å². The molecule has 0 bridgehead atoms. The lowest BCUT2D eigenvalue weighted by Crippen LogP contribution is -2.48. The van der Waals surface area contributed by atoms with Crippen LogP contribution in [0.15, 0.2) is 27.8 Å². The molecule has 12 heteroatoms. The lowest BCUT2D eigenvalue weighted by Gasteiger charge is -2.37. The molecular formula is C29H33ClN8O3. The van der Waals surface area contributed by atoms with Gasteiger partial charge in [-0.3, -0.25) is 14.5 Å². The fraction of sp³-hybridized carbons (Fsp3) is 0.517. The van der Waals surface area contributed by atoms with E-state index in [9.17, 15) is 4.79 Å². The highest BCUT2D eigenvalue weighted by molar-refractivity contribution is 6.30. The smallest absolute Gasteiger partial charge is 0.377 e. The Morgan fingerprint density at radius 3 is 2.68 bits per heavy atom. The van der Waals surface area contributed by atoms with E-state index in [1.165, 1.54) is 0 Å². The van der Waals surface area contributed by atoms with Crippen LogP contribution in [0.2, 0.25) is 5.02 Å². The molecule has 1 unspecified atom stereocenters. The van der Waals surface area contributed by atoms with Gasteiger partial charge in [-0.05, 0) is 64.4 Å². The Labute approximate surface area is 242 Å². The third-order valence-corrected chi connectivity index (χ3v) is 8.78. The number of nitrogens with one attached hydrogen (secondary N) is 1. The highest BCUT2D eigenvalue weighted by atomic mass is 35.5. The summed E-state index contributed by atoms with van der Waals surface area (Å²) in [5.41, 5.74) is 2.18. The summed E-state index contributed by atoms with van der Waals surface area (Å²) < 4.78 is 13.0. The van der Waals surface area contributed by atoms with Crippen LogP contribution in [0.1, 0.15) is 52.4 Å². The lowest BCUT2D eigenvalue weighted by molar-refractivity contribution is 0.00151. The van der Waals surface area contributed by atoms with E-state index in [1.54, 1.807) is 19.5 Å². The molecule has 1 N–H and O–H groups in total. The molecule has 4 aromatic rings. The molecule has 1 saturated heterocycles. The molecule has 1 aliphatic carbocycles. The van der Waals surface area contributed by atoms with Crippen molar-refractivity contribution in [3.8, 4) is 35.2 Å². The highest BCUT2D eigenvalue weighted by Gasteiger charge is 2.40. The van der Waals surface area contributed by atoms with E-state index >= 15 is 0 Å². The Morgan fingerprint density at radius 1 is 1.20 bits per heavy atom. The van der Waals surface area contributed by atoms with Gasteiger partial charge >= 0.3 is 5.76 Å². The Balaban J connectivity index is 1.57. The number of ether oxygens (including phenoxy) is 1. The fourth-order valence-corrected chi connectivity index (χ4v) is 6.40. The monoisotopic (exact) mass is 576 g/mol. The van der Waals surface area contributed by atoms with Crippen LogP contribution >= 0.6 is 11.6 Å². The Bertz CT molecular complexity index is 1660. The maximum Gasteiger partial charge on any atom is 0.439 e. The number of aromatic nitrogens is 7. The number of imidazole rings is 1. The number of fused-ring (bicyclic) bond motifs is 1. The Morgan fingerprint density at radius 2 is 2.00 bits per heavy atom. The van der Waals surface area contributed by atoms with Gasteiger partial charge in [-0.1, -0.05) is 16.8 Å². The molecule has 4 aromatic heterocycles. The second-order valence-electron chi connectivity index (χ2n) is 11.5. The first-order valence-electron chi connectivity index (χ1n) is 14.0. The third kappa shape index (κ3) is 5.22. The zero-order chi connectivity index (χ0) is 28.7. The van der Waals surface area contributed by atoms with Gasteiger partial charge in [-0.25, -0.2) is 14.8 Å². The molecule has 2 aliphatic rings. The SMILES string of the molecule is C#C[C@H]1CC[C@H](Cn2c(N3CCCC3C(C)(C)OC)nc3nc(-c4noc(=O)[nH]4)nc(-c4cncc(Cl)c4)c32)CC1. The zero-order valence-corrected chi connectivity index (χ0v) is 24.2. The number of terminal acetylenes is 1. The number of nitrogens with zero attached hydrogens (tertiary/aromatic N) is 7. The summed E-state index contributed by atoms with van der Waals surface area (Å²) in [4.78, 5) is 35.8. The number of hydrogen-bond acceptors (Lipinski definition) is 9. The molecule has 0 amide bonds. The van der Waals surface area contributed by atoms with Crippen molar-refractivity contribution in [2.45, 2.75) is 70.6 Å². The summed E-state index contributed by atoms with van der Waals surface area (Å²) in [5.74, 6) is 4.14. The molecule has 41 heavy (non-hydrogen) atoms. The van der Waals surface area contributed by atoms with Gasteiger partial charge in [-0.15, -0.1) is 12.3 Å². The van der Waals surface area contributed by atoms with E-state index < -0.39 is 5.76 Å². The molecule has 1 saturated carbocycles. The topological polar surface area (TPSA) is 128 Å². The predicted octanol–water partition coefficient (Wildman–Crippen LogP) is 4.72. The number of pyridine rings is 1. The van der Waals surface area contributed by atoms with E-state index in [0.717, 1.165) is 63.1 Å². The number of hydrogen-bond donors (Lipinski definition) is 1. The minimum atomic E-state index is -0.690. The van der Waals surface area contributed by atoms with Crippen LogP contribution in [0.5, 0.6) is 0 Å². The number of halogens is 1. The zero-order valence-electron chi connectivity index (χ0n) is 23.4. The Hall–Kier alpha value is -3.75. The summed E-state index contributed by atoms with van der Waals surface area (Å²) in [6, 6.07) is 1.93. The lowest BCUT2D eigenvalue weighted by atomic mass is 9.82. The van der Waals surface area contributed by atoms with Gasteiger partial charge < -0.3 is 14.2 Å². The van der Waals surface area contributed by atoms with E-state index in [0.29, 0.717) is 33.8 Å². The van der Waals surface area contributed by atoms with Gasteiger partial charge in [0, 0.05) is 44.1 Å². The highest BCUT2D eigenvalue weighted by Crippen LogP contribution is 2.39. The molecule has 11 nitrogen and oxygen atoms in total. The first-order chi connectivity index (χ1) is 19.8. The summed E-state index contributed by atoms with van der Waals surface area (Å²) in [6.45, 7) is 5.82. The van der Waals surface area contributed by atoms with Crippen molar-refractivity contribution in [3.05, 3.63) is 34.0 Å². The van der Waals surface area contributed by atoms with Crippen LogP contribution < -0.4 is 10.7 Å². The summed E-state index contributed by atoms with van der Waals surface area (Å²) in [5, 5.41) is 4.31. The molecule has 0 aromatic carbocycles. The molecule has 0 radical (unpaired) electrons. The normalized spacial score (nSPS) is 21.4. The van der Waals surface area contributed by atoms with Crippen molar-refractivity contribution in [2.24, 2.45) is 11.8 Å². The Kier molecular flexibility index (Phi) is 7.30. The molecule has 0 spiro atoms. The molecule has 2 fully saturated rings. The number of methoxy groups -OCH3 is 1. The van der Waals surface area contributed by atoms with Gasteiger partial charge in [0.15, 0.2) is 5.65 Å². The second kappa shape index (κ2) is 10.9. The predicted molar refractivity (Wildman–Crippen MR) is 155 cm³/mol. The van der Waals surface area contributed by atoms with Gasteiger partial charge in [0.25, 0.3) is 0 Å². The van der Waals surface area contributed by atoms with E-state index in [4.69, 9.17) is 42.2 Å². The number of rotatable bonds is 7. The summed E-state index contributed by atoms with van der Waals surface area (Å²) in [6.07, 6.45) is 15.1. The van der Waals surface area contributed by atoms with Crippen molar-refractivity contribution >= 4 is 28.7 Å². The van der Waals surface area contributed by atoms with Crippen LogP contribution in [0, 0.1) is 24.2 Å². The molecular weight excluding hydrogens is 544 g/mol. The fourth-order valence-electron chi connectivity index (χ4n) is 6.23. The van der Waals surface area contributed by atoms with Crippen molar-refractivity contribution in [1.29, 1.82) is 0 Å². The van der Waals surface area contributed by atoms with Gasteiger partial charge in [0.2, 0.25) is 17.6 Å². The third-order valence-electron chi connectivity index (χ3n) is 8.57. The first-order valence-corrected chi connectivity index (χ1v) is 14.4. The van der Waals surface area contributed by atoms with Crippen LogP contribution in [0.4, 0.5) is 5.95 Å². The molecule has 1 aliphatic heterocycles. The van der Waals surface area contributed by atoms with Crippen LogP contribution in [0.3, 0.4) is 0 Å². The minimum absolute atomic E-state index is 0.121. The second-order valence-corrected chi connectivity index (χ2v) is 11.9. The van der Waals surface area contributed by atoms with Crippen LogP contribution in [-0.2, 0) is 11.3 Å². The van der Waals surface area contributed by atoms with Crippen molar-refractivity contribution in [2.75, 3.05) is 18.6 Å². The minimum Gasteiger partial charge on any atom is -0.377 e. The maximum atomic E-state index is 11.8. The van der Waals surface area contributed by atoms with Crippen LogP contribution in [0.25, 0.3) is 34.1 Å². The van der Waals surface area contributed by atoms with E-state index in [2.05, 4.69) is 44.4 Å². The van der Waals surface area contributed by atoms with E-state index in [1.807, 2.05) is 6.07 Å². The van der Waals surface area contributed by atoms with Crippen molar-refractivity contribution < 1.29 is 9.26 Å². The van der Waals surface area contributed by atoms with Gasteiger partial charge in [0.05, 0.1) is 16.7 Å². The number of anilines is 1.